The van der Waals surface area contributed by atoms with Crippen LogP contribution in [0.4, 0.5) is 0 Å². The molecule has 1 aliphatic rings. The minimum atomic E-state index is -0.806. The second-order valence-corrected chi connectivity index (χ2v) is 4.87. The molecule has 2 rings (SSSR count). The Labute approximate surface area is 98.9 Å². The number of ether oxygens (including phenoxy) is 2. The molecule has 5 heteroatoms. The van der Waals surface area contributed by atoms with Crippen molar-refractivity contribution < 1.29 is 14.6 Å². The van der Waals surface area contributed by atoms with E-state index in [4.69, 9.17) is 26.8 Å². The van der Waals surface area contributed by atoms with Gasteiger partial charge in [0.05, 0.1) is 11.1 Å². The van der Waals surface area contributed by atoms with Crippen LogP contribution >= 0.6 is 11.6 Å². The van der Waals surface area contributed by atoms with Gasteiger partial charge in [0.15, 0.2) is 11.5 Å². The first kappa shape index (κ1) is 11.5. The highest BCUT2D eigenvalue weighted by Gasteiger charge is 2.27. The largest absolute Gasteiger partial charge is 0.454 e. The maximum absolute atomic E-state index is 10.0. The second-order valence-electron chi connectivity index (χ2n) is 4.46. The fourth-order valence-corrected chi connectivity index (χ4v) is 1.85. The van der Waals surface area contributed by atoms with Crippen molar-refractivity contribution in [3.05, 3.63) is 22.7 Å². The van der Waals surface area contributed by atoms with E-state index in [1.54, 1.807) is 26.0 Å². The summed E-state index contributed by atoms with van der Waals surface area (Å²) in [5, 5.41) is 10.5. The number of aliphatic hydroxyl groups is 1. The summed E-state index contributed by atoms with van der Waals surface area (Å²) in [4.78, 5) is 0. The molecule has 0 aromatic heterocycles. The van der Waals surface area contributed by atoms with E-state index in [0.717, 1.165) is 0 Å². The van der Waals surface area contributed by atoms with Crippen molar-refractivity contribution in [1.29, 1.82) is 0 Å². The zero-order valence-electron chi connectivity index (χ0n) is 9.16. The number of rotatable bonds is 2. The van der Waals surface area contributed by atoms with Crippen molar-refractivity contribution in [2.75, 3.05) is 6.79 Å². The van der Waals surface area contributed by atoms with Crippen LogP contribution in [0.2, 0.25) is 5.02 Å². The zero-order valence-corrected chi connectivity index (χ0v) is 9.91. The van der Waals surface area contributed by atoms with Gasteiger partial charge in [0.1, 0.15) is 0 Å². The lowest BCUT2D eigenvalue weighted by molar-refractivity contribution is 0.104. The number of hydrogen-bond donors (Lipinski definition) is 2. The van der Waals surface area contributed by atoms with E-state index < -0.39 is 11.6 Å². The predicted octanol–water partition coefficient (Wildman–Crippen LogP) is 1.84. The Hall–Kier alpha value is -0.970. The molecule has 0 spiro atoms. The third kappa shape index (κ3) is 1.96. The number of hydrogen-bond acceptors (Lipinski definition) is 4. The van der Waals surface area contributed by atoms with Crippen molar-refractivity contribution in [1.82, 2.24) is 0 Å². The Morgan fingerprint density at radius 1 is 1.44 bits per heavy atom. The Morgan fingerprint density at radius 2 is 2.12 bits per heavy atom. The highest BCUT2D eigenvalue weighted by molar-refractivity contribution is 6.32. The Kier molecular flexibility index (Phi) is 2.74. The van der Waals surface area contributed by atoms with Gasteiger partial charge in [-0.1, -0.05) is 11.6 Å². The van der Waals surface area contributed by atoms with Gasteiger partial charge in [0.25, 0.3) is 0 Å². The number of nitrogens with two attached hydrogens (primary N) is 1. The van der Waals surface area contributed by atoms with Crippen LogP contribution in [0.3, 0.4) is 0 Å². The van der Waals surface area contributed by atoms with Crippen LogP contribution in [0, 0.1) is 0 Å². The van der Waals surface area contributed by atoms with Gasteiger partial charge in [-0.2, -0.15) is 0 Å². The van der Waals surface area contributed by atoms with Crippen molar-refractivity contribution in [2.24, 2.45) is 5.73 Å². The number of aliphatic hydroxyl groups excluding tert-OH is 1. The average Bonchev–Trinajstić information content (AvgIpc) is 2.63. The summed E-state index contributed by atoms with van der Waals surface area (Å²) >= 11 is 6.01. The minimum absolute atomic E-state index is 0.153. The molecule has 1 atom stereocenters. The maximum atomic E-state index is 10.0. The number of halogens is 1. The normalized spacial score (nSPS) is 16.3. The van der Waals surface area contributed by atoms with Gasteiger partial charge in [-0.15, -0.1) is 0 Å². The summed E-state index contributed by atoms with van der Waals surface area (Å²) in [6.45, 7) is 3.65. The van der Waals surface area contributed by atoms with Crippen LogP contribution in [0.25, 0.3) is 0 Å². The molecular weight excluding hydrogens is 230 g/mol. The molecule has 1 aromatic carbocycles. The van der Waals surface area contributed by atoms with Crippen molar-refractivity contribution in [3.63, 3.8) is 0 Å². The predicted molar refractivity (Wildman–Crippen MR) is 60.8 cm³/mol. The minimum Gasteiger partial charge on any atom is -0.454 e. The molecular formula is C11H14ClNO3. The Bertz CT molecular complexity index is 414. The van der Waals surface area contributed by atoms with Crippen LogP contribution in [0.1, 0.15) is 25.5 Å². The smallest absolute Gasteiger partial charge is 0.231 e. The van der Waals surface area contributed by atoms with Crippen LogP contribution in [-0.4, -0.2) is 17.4 Å². The van der Waals surface area contributed by atoms with Crippen LogP contribution in [0.5, 0.6) is 11.5 Å². The molecule has 0 bridgehead atoms. The van der Waals surface area contributed by atoms with Crippen LogP contribution < -0.4 is 15.2 Å². The molecule has 1 heterocycles. The summed E-state index contributed by atoms with van der Waals surface area (Å²) in [5.41, 5.74) is 5.73. The third-order valence-corrected chi connectivity index (χ3v) is 2.75. The molecule has 1 unspecified atom stereocenters. The first-order chi connectivity index (χ1) is 7.39. The van der Waals surface area contributed by atoms with Gasteiger partial charge in [-0.05, 0) is 31.5 Å². The third-order valence-electron chi connectivity index (χ3n) is 2.47. The fourth-order valence-electron chi connectivity index (χ4n) is 1.57. The molecule has 0 saturated heterocycles. The lowest BCUT2D eigenvalue weighted by Gasteiger charge is -2.26. The fraction of sp³-hybridized carbons (Fsp3) is 0.455. The zero-order chi connectivity index (χ0) is 11.9. The van der Waals surface area contributed by atoms with E-state index in [-0.39, 0.29) is 6.79 Å². The molecule has 0 aliphatic carbocycles. The number of fused-ring (bicyclic) bond motifs is 1. The van der Waals surface area contributed by atoms with E-state index in [9.17, 15) is 5.11 Å². The van der Waals surface area contributed by atoms with E-state index in [2.05, 4.69) is 0 Å². The van der Waals surface area contributed by atoms with Crippen LogP contribution in [-0.2, 0) is 0 Å². The van der Waals surface area contributed by atoms with Gasteiger partial charge in [-0.3, -0.25) is 0 Å². The van der Waals surface area contributed by atoms with Crippen molar-refractivity contribution in [3.8, 4) is 11.5 Å². The van der Waals surface area contributed by atoms with Crippen molar-refractivity contribution >= 4 is 11.6 Å². The lowest BCUT2D eigenvalue weighted by atomic mass is 9.92. The SMILES string of the molecule is CC(C)(N)C(O)c1cc(Cl)c2c(c1)OCO2. The molecule has 0 amide bonds. The van der Waals surface area contributed by atoms with Crippen molar-refractivity contribution in [2.45, 2.75) is 25.5 Å². The first-order valence-corrected chi connectivity index (χ1v) is 5.33. The van der Waals surface area contributed by atoms with Gasteiger partial charge in [-0.25, -0.2) is 0 Å². The van der Waals surface area contributed by atoms with Gasteiger partial charge in [0, 0.05) is 5.54 Å². The highest BCUT2D eigenvalue weighted by atomic mass is 35.5. The maximum Gasteiger partial charge on any atom is 0.231 e. The number of benzene rings is 1. The van der Waals surface area contributed by atoms with E-state index in [1.807, 2.05) is 0 Å². The second kappa shape index (κ2) is 3.80. The average molecular weight is 244 g/mol. The van der Waals surface area contributed by atoms with Gasteiger partial charge < -0.3 is 20.3 Å². The Balaban J connectivity index is 2.41. The molecule has 88 valence electrons. The van der Waals surface area contributed by atoms with E-state index in [1.165, 1.54) is 0 Å². The monoisotopic (exact) mass is 243 g/mol. The molecule has 4 nitrogen and oxygen atoms in total. The van der Waals surface area contributed by atoms with E-state index >= 15 is 0 Å². The molecule has 1 aromatic rings. The lowest BCUT2D eigenvalue weighted by Crippen LogP contribution is -2.39. The Morgan fingerprint density at radius 3 is 2.75 bits per heavy atom. The molecule has 0 fully saturated rings. The van der Waals surface area contributed by atoms with E-state index in [0.29, 0.717) is 22.1 Å². The molecule has 1 aliphatic heterocycles. The van der Waals surface area contributed by atoms with Gasteiger partial charge in [0.2, 0.25) is 6.79 Å². The summed E-state index contributed by atoms with van der Waals surface area (Å²) in [5.74, 6) is 1.07. The molecule has 0 saturated carbocycles. The molecule has 0 radical (unpaired) electrons. The summed E-state index contributed by atoms with van der Waals surface area (Å²) < 4.78 is 10.4. The summed E-state index contributed by atoms with van der Waals surface area (Å²) in [7, 11) is 0. The topological polar surface area (TPSA) is 64.7 Å². The molecule has 3 N–H and O–H groups in total. The van der Waals surface area contributed by atoms with Crippen LogP contribution in [0.15, 0.2) is 12.1 Å². The quantitative estimate of drug-likeness (QED) is 0.832. The highest BCUT2D eigenvalue weighted by Crippen LogP contribution is 2.42. The standard InChI is InChI=1S/C11H14ClNO3/c1-11(2,13)10(14)6-3-7(12)9-8(4-6)15-5-16-9/h3-4,10,14H,5,13H2,1-2H3. The first-order valence-electron chi connectivity index (χ1n) is 4.95. The van der Waals surface area contributed by atoms with Gasteiger partial charge >= 0.3 is 0 Å². The molecule has 16 heavy (non-hydrogen) atoms. The summed E-state index contributed by atoms with van der Waals surface area (Å²) in [6, 6.07) is 3.35. The summed E-state index contributed by atoms with van der Waals surface area (Å²) in [6.07, 6.45) is -0.806.